The normalized spacial score (nSPS) is 15.8. The van der Waals surface area contributed by atoms with Gasteiger partial charge in [-0.05, 0) is 57.3 Å². The van der Waals surface area contributed by atoms with Crippen molar-refractivity contribution in [2.24, 2.45) is 0 Å². The van der Waals surface area contributed by atoms with Crippen LogP contribution in [0.1, 0.15) is 16.7 Å². The van der Waals surface area contributed by atoms with E-state index in [4.69, 9.17) is 0 Å². The monoisotopic (exact) mass is 570 g/mol. The number of benzene rings is 6. The largest absolute Gasteiger partial charge is 0.376 e. The summed E-state index contributed by atoms with van der Waals surface area (Å²) in [5, 5.41) is 15.6. The van der Waals surface area contributed by atoms with E-state index in [2.05, 4.69) is 137 Å². The van der Waals surface area contributed by atoms with Crippen LogP contribution in [-0.2, 0) is 5.60 Å². The third kappa shape index (κ3) is 3.65. The highest BCUT2D eigenvalue weighted by molar-refractivity contribution is 9.10. The van der Waals surface area contributed by atoms with Gasteiger partial charge in [0.15, 0.2) is 0 Å². The molecular weight excluding hydrogens is 548 g/mol. The van der Waals surface area contributed by atoms with Gasteiger partial charge in [-0.1, -0.05) is 137 Å². The van der Waals surface area contributed by atoms with Gasteiger partial charge in [0.25, 0.3) is 0 Å². The van der Waals surface area contributed by atoms with E-state index in [1.165, 1.54) is 15.7 Å². The third-order valence-corrected chi connectivity index (χ3v) is 9.09. The van der Waals surface area contributed by atoms with Crippen molar-refractivity contribution in [3.8, 4) is 22.3 Å². The lowest BCUT2D eigenvalue weighted by Gasteiger charge is -2.33. The van der Waals surface area contributed by atoms with Gasteiger partial charge >= 0.3 is 0 Å². The topological polar surface area (TPSA) is 20.2 Å². The highest BCUT2D eigenvalue weighted by atomic mass is 79.9. The van der Waals surface area contributed by atoms with Crippen molar-refractivity contribution in [1.29, 1.82) is 0 Å². The second-order valence-electron chi connectivity index (χ2n) is 9.57. The molecule has 6 aromatic rings. The van der Waals surface area contributed by atoms with E-state index < -0.39 is 5.60 Å². The number of hydrogen-bond acceptors (Lipinski definition) is 2. The zero-order valence-corrected chi connectivity index (χ0v) is 22.8. The second kappa shape index (κ2) is 9.28. The molecule has 0 amide bonds. The summed E-state index contributed by atoms with van der Waals surface area (Å²) >= 11 is 5.41. The molecule has 7 rings (SSSR count). The highest BCUT2D eigenvalue weighted by Crippen LogP contribution is 2.53. The summed E-state index contributed by atoms with van der Waals surface area (Å²) in [7, 11) is 0. The minimum atomic E-state index is -1.37. The predicted octanol–water partition coefficient (Wildman–Crippen LogP) is 9.69. The Labute approximate surface area is 234 Å². The van der Waals surface area contributed by atoms with Gasteiger partial charge in [0.1, 0.15) is 5.60 Å². The smallest absolute Gasteiger partial charge is 0.142 e. The van der Waals surface area contributed by atoms with Crippen LogP contribution in [0.4, 0.5) is 0 Å². The summed E-state index contributed by atoms with van der Waals surface area (Å²) < 4.78 is 0.936. The van der Waals surface area contributed by atoms with Crippen LogP contribution in [0.2, 0.25) is 0 Å². The zero-order valence-electron chi connectivity index (χ0n) is 20.4. The highest BCUT2D eigenvalue weighted by Gasteiger charge is 2.42. The van der Waals surface area contributed by atoms with Gasteiger partial charge in [-0.15, -0.1) is 0 Å². The first-order chi connectivity index (χ1) is 18.6. The molecule has 0 spiro atoms. The average Bonchev–Trinajstić information content (AvgIpc) is 3.06. The van der Waals surface area contributed by atoms with Crippen LogP contribution in [0.5, 0.6) is 0 Å². The van der Waals surface area contributed by atoms with E-state index >= 15 is 0 Å². The Morgan fingerprint density at radius 1 is 0.500 bits per heavy atom. The van der Waals surface area contributed by atoms with E-state index in [0.717, 1.165) is 48.3 Å². The second-order valence-corrected chi connectivity index (χ2v) is 11.6. The quantitative estimate of drug-likeness (QED) is 0.228. The molecule has 1 aliphatic rings. The third-order valence-electron chi connectivity index (χ3n) is 7.44. The first-order valence-electron chi connectivity index (χ1n) is 12.6. The fourth-order valence-corrected chi connectivity index (χ4v) is 7.24. The fraction of sp³-hybridized carbons (Fsp3) is 0.0286. The molecule has 0 aliphatic heterocycles. The first-order valence-corrected chi connectivity index (χ1v) is 14.2. The molecule has 1 nitrogen and oxygen atoms in total. The van der Waals surface area contributed by atoms with Gasteiger partial charge < -0.3 is 5.11 Å². The van der Waals surface area contributed by atoms with Crippen LogP contribution in [0.3, 0.4) is 0 Å². The summed E-state index contributed by atoms with van der Waals surface area (Å²) in [4.78, 5) is 2.19. The predicted molar refractivity (Wildman–Crippen MR) is 162 cm³/mol. The average molecular weight is 572 g/mol. The summed E-state index contributed by atoms with van der Waals surface area (Å²) in [6.45, 7) is 0. The number of aliphatic hydroxyl groups is 1. The molecule has 182 valence electrons. The molecule has 0 fully saturated rings. The lowest BCUT2D eigenvalue weighted by Crippen LogP contribution is -2.30. The molecule has 1 aliphatic carbocycles. The van der Waals surface area contributed by atoms with Crippen molar-refractivity contribution in [3.63, 3.8) is 0 Å². The SMILES string of the molecule is OC1(c2ccccc2Sc2cccc3ccccc23)c2ccccc2-c2ccccc2-c2ccc(Br)cc21. The zero-order chi connectivity index (χ0) is 25.7. The maximum Gasteiger partial charge on any atom is 0.142 e. The Bertz CT molecular complexity index is 1840. The van der Waals surface area contributed by atoms with Crippen molar-refractivity contribution in [2.45, 2.75) is 15.4 Å². The first kappa shape index (κ1) is 23.5. The Kier molecular flexibility index (Phi) is 5.74. The number of hydrogen-bond donors (Lipinski definition) is 1. The molecule has 0 saturated heterocycles. The molecule has 1 atom stereocenters. The van der Waals surface area contributed by atoms with Crippen molar-refractivity contribution in [1.82, 2.24) is 0 Å². The van der Waals surface area contributed by atoms with Crippen LogP contribution in [0.25, 0.3) is 33.0 Å². The molecule has 0 radical (unpaired) electrons. The van der Waals surface area contributed by atoms with Crippen LogP contribution < -0.4 is 0 Å². The maximum absolute atomic E-state index is 13.2. The summed E-state index contributed by atoms with van der Waals surface area (Å²) in [5.74, 6) is 0. The minimum absolute atomic E-state index is 0.871. The molecule has 0 aromatic heterocycles. The maximum atomic E-state index is 13.2. The number of halogens is 1. The molecule has 38 heavy (non-hydrogen) atoms. The molecule has 1 unspecified atom stereocenters. The van der Waals surface area contributed by atoms with Crippen LogP contribution in [0.15, 0.2) is 148 Å². The molecule has 3 heteroatoms. The van der Waals surface area contributed by atoms with E-state index in [1.807, 2.05) is 12.1 Å². The summed E-state index contributed by atoms with van der Waals surface area (Å²) in [5.41, 5.74) is 5.58. The Morgan fingerprint density at radius 2 is 1.08 bits per heavy atom. The van der Waals surface area contributed by atoms with E-state index in [-0.39, 0.29) is 0 Å². The molecule has 0 saturated carbocycles. The van der Waals surface area contributed by atoms with Gasteiger partial charge in [-0.25, -0.2) is 0 Å². The summed E-state index contributed by atoms with van der Waals surface area (Å²) in [6, 6.07) is 46.1. The molecule has 6 aromatic carbocycles. The van der Waals surface area contributed by atoms with E-state index in [9.17, 15) is 5.11 Å². The standard InChI is InChI=1S/C35H23BrOS/c36-24-20-21-29-27-14-4-3-13-26(27)28-15-5-6-16-30(28)35(37,32(29)22-24)31-17-7-8-18-34(31)38-33-19-9-11-23-10-1-2-12-25(23)33/h1-22,37H. The Balaban J connectivity index is 1.53. The molecular formula is C35H23BrOS. The van der Waals surface area contributed by atoms with Crippen molar-refractivity contribution in [2.75, 3.05) is 0 Å². The number of fused-ring (bicyclic) bond motifs is 6. The van der Waals surface area contributed by atoms with Gasteiger partial charge in [0, 0.05) is 31.0 Å². The molecule has 0 bridgehead atoms. The summed E-state index contributed by atoms with van der Waals surface area (Å²) in [6.07, 6.45) is 0. The fourth-order valence-electron chi connectivity index (χ4n) is 5.73. The molecule has 0 heterocycles. The van der Waals surface area contributed by atoms with Gasteiger partial charge in [0.2, 0.25) is 0 Å². The van der Waals surface area contributed by atoms with Crippen molar-refractivity contribution < 1.29 is 5.11 Å². The minimum Gasteiger partial charge on any atom is -0.376 e. The van der Waals surface area contributed by atoms with Gasteiger partial charge in [-0.2, -0.15) is 0 Å². The lowest BCUT2D eigenvalue weighted by molar-refractivity contribution is 0.124. The van der Waals surface area contributed by atoms with E-state index in [0.29, 0.717) is 0 Å². The van der Waals surface area contributed by atoms with Crippen molar-refractivity contribution in [3.05, 3.63) is 155 Å². The number of rotatable bonds is 3. The van der Waals surface area contributed by atoms with Crippen LogP contribution in [-0.4, -0.2) is 5.11 Å². The van der Waals surface area contributed by atoms with Crippen molar-refractivity contribution >= 4 is 38.5 Å². The van der Waals surface area contributed by atoms with Crippen LogP contribution in [0, 0.1) is 0 Å². The van der Waals surface area contributed by atoms with Gasteiger partial charge in [0.05, 0.1) is 0 Å². The Morgan fingerprint density at radius 3 is 1.89 bits per heavy atom. The van der Waals surface area contributed by atoms with Crippen LogP contribution >= 0.6 is 27.7 Å². The lowest BCUT2D eigenvalue weighted by atomic mass is 9.78. The van der Waals surface area contributed by atoms with Gasteiger partial charge in [-0.3, -0.25) is 0 Å². The Hall–Kier alpha value is -3.63. The van der Waals surface area contributed by atoms with E-state index in [1.54, 1.807) is 11.8 Å². The molecule has 1 N–H and O–H groups in total.